The van der Waals surface area contributed by atoms with Crippen molar-refractivity contribution >= 4 is 35.3 Å². The fraction of sp³-hybridized carbons (Fsp3) is 0.469. The van der Waals surface area contributed by atoms with Crippen LogP contribution in [0.25, 0.3) is 22.0 Å². The summed E-state index contributed by atoms with van der Waals surface area (Å²) in [4.78, 5) is 62.3. The molecule has 6 atom stereocenters. The van der Waals surface area contributed by atoms with E-state index in [0.29, 0.717) is 37.3 Å². The van der Waals surface area contributed by atoms with Crippen molar-refractivity contribution in [2.75, 3.05) is 34.3 Å². The van der Waals surface area contributed by atoms with Crippen LogP contribution in [0.3, 0.4) is 0 Å². The molecule has 0 bridgehead atoms. The van der Waals surface area contributed by atoms with E-state index in [-0.39, 0.29) is 18.5 Å². The van der Waals surface area contributed by atoms with Crippen molar-refractivity contribution in [2.45, 2.75) is 104 Å². The molecule has 332 valence electrons. The van der Waals surface area contributed by atoms with Crippen molar-refractivity contribution < 1.29 is 23.9 Å². The monoisotopic (exact) mass is 847 g/mol. The molecule has 2 amide bonds. The van der Waals surface area contributed by atoms with Gasteiger partial charge in [0, 0.05) is 29.6 Å². The number of ether oxygens (including phenoxy) is 1. The van der Waals surface area contributed by atoms with Crippen LogP contribution < -0.4 is 10.6 Å². The number of nitrogens with zero attached hydrogens (tertiary/aromatic N) is 4. The molecular formula is C49H66N8O5. The summed E-state index contributed by atoms with van der Waals surface area (Å²) in [6.45, 7) is 10.7. The number of nitrogens with one attached hydrogen (secondary N) is 4. The first-order chi connectivity index (χ1) is 30.1. The van der Waals surface area contributed by atoms with Crippen LogP contribution in [0.1, 0.15) is 115 Å². The lowest BCUT2D eigenvalue weighted by Gasteiger charge is -2.26. The smallest absolute Gasteiger partial charge is 0.407 e. The SMILES string of the molecule is C#C.C#C.CCC.CCC.CCC=O.CNCC(=O)N1[C@@H]2C[C@@H]2C[C@H]1c1ncc(C#Cc2ccc3cc(-c4cnc([C@@H]5C[C@H]6C[C@H]6N5C)[nH]4)ccc3c2)[nH]1.COC(=O)NCC=O. The summed E-state index contributed by atoms with van der Waals surface area (Å²) in [6, 6.07) is 14.4. The van der Waals surface area contributed by atoms with Gasteiger partial charge in [-0.3, -0.25) is 9.69 Å². The Labute approximate surface area is 369 Å². The maximum atomic E-state index is 12.7. The van der Waals surface area contributed by atoms with Crippen molar-refractivity contribution in [3.8, 4) is 48.8 Å². The van der Waals surface area contributed by atoms with Gasteiger partial charge in [0.1, 0.15) is 29.9 Å². The number of benzene rings is 2. The van der Waals surface area contributed by atoms with Gasteiger partial charge < -0.3 is 39.8 Å². The predicted molar refractivity (Wildman–Crippen MR) is 248 cm³/mol. The lowest BCUT2D eigenvalue weighted by Crippen LogP contribution is -2.39. The van der Waals surface area contributed by atoms with Crippen molar-refractivity contribution in [1.29, 1.82) is 0 Å². The first-order valence-corrected chi connectivity index (χ1v) is 21.3. The third-order valence-corrected chi connectivity index (χ3v) is 10.1. The van der Waals surface area contributed by atoms with Gasteiger partial charge in [0.2, 0.25) is 5.91 Å². The van der Waals surface area contributed by atoms with E-state index < -0.39 is 6.09 Å². The number of alkyl carbamates (subject to hydrolysis) is 1. The van der Waals surface area contributed by atoms with Gasteiger partial charge in [0.25, 0.3) is 0 Å². The van der Waals surface area contributed by atoms with Crippen LogP contribution in [0.4, 0.5) is 4.79 Å². The first kappa shape index (κ1) is 51.9. The average molecular weight is 847 g/mol. The van der Waals surface area contributed by atoms with E-state index in [4.69, 9.17) is 4.98 Å². The van der Waals surface area contributed by atoms with E-state index >= 15 is 0 Å². The van der Waals surface area contributed by atoms with E-state index in [1.807, 2.05) is 25.1 Å². The molecule has 4 aliphatic rings. The summed E-state index contributed by atoms with van der Waals surface area (Å²) in [5.41, 5.74) is 3.94. The molecule has 2 aliphatic heterocycles. The zero-order chi connectivity index (χ0) is 46.2. The minimum Gasteiger partial charge on any atom is -0.453 e. The Hall–Kier alpha value is -6.20. The molecule has 2 aliphatic carbocycles. The van der Waals surface area contributed by atoms with Crippen molar-refractivity contribution in [2.24, 2.45) is 11.8 Å². The zero-order valence-electron chi connectivity index (χ0n) is 37.7. The van der Waals surface area contributed by atoms with Crippen LogP contribution in [0, 0.1) is 49.4 Å². The van der Waals surface area contributed by atoms with Crippen LogP contribution in [0.5, 0.6) is 0 Å². The summed E-state index contributed by atoms with van der Waals surface area (Å²) in [7, 11) is 5.28. The van der Waals surface area contributed by atoms with Gasteiger partial charge in [-0.25, -0.2) is 14.8 Å². The van der Waals surface area contributed by atoms with E-state index in [1.165, 1.54) is 38.2 Å². The maximum Gasteiger partial charge on any atom is 0.407 e. The number of aromatic amines is 2. The Morgan fingerprint density at radius 1 is 0.823 bits per heavy atom. The molecule has 2 saturated heterocycles. The standard InChI is InChI=1S/C32H33N7O.C4H7NO3.C3H6O.2C3H8.2C2H2/c1-33-17-30(40)39-27-12-23(27)14-29(39)32-34-15-24(36-32)8-4-18-3-5-20-10-21(7-6-19(20)9-18)25-16-35-31(37-25)28-13-22-11-26(22)38(28)2;1-8-4(7)5-2-3-6;1-2-3-4;2*1-3-2;2*1-2/h3,5-7,9-10,15-16,22-23,26-29,33H,11-14,17H2,1-2H3,(H,34,36)(H,35,37);3H,2H2,1H3,(H,5,7);3H,2H2,1H3;2*3H2,1-2H3;2*1-2H/t22-,23-,26-,27-,28+,29+;;;;;;/m1....../s1. The van der Waals surface area contributed by atoms with Crippen LogP contribution in [0.2, 0.25) is 0 Å². The second-order valence-corrected chi connectivity index (χ2v) is 15.0. The number of hydrogen-bond donors (Lipinski definition) is 4. The Bertz CT molecular complexity index is 2100. The quantitative estimate of drug-likeness (QED) is 0.104. The predicted octanol–water partition coefficient (Wildman–Crippen LogP) is 7.47. The van der Waals surface area contributed by atoms with Gasteiger partial charge in [-0.15, -0.1) is 25.7 Å². The normalized spacial score (nSPS) is 20.3. The topological polar surface area (TPSA) is 165 Å². The number of imidazole rings is 2. The highest BCUT2D eigenvalue weighted by Gasteiger charge is 2.55. The van der Waals surface area contributed by atoms with Crippen LogP contribution in [0.15, 0.2) is 48.8 Å². The molecule has 0 radical (unpaired) electrons. The third-order valence-electron chi connectivity index (χ3n) is 10.1. The van der Waals surface area contributed by atoms with Crippen LogP contribution >= 0.6 is 0 Å². The number of hydrogen-bond acceptors (Lipinski definition) is 9. The lowest BCUT2D eigenvalue weighted by atomic mass is 10.0. The highest BCUT2D eigenvalue weighted by atomic mass is 16.5. The van der Waals surface area contributed by atoms with Crippen molar-refractivity contribution in [1.82, 2.24) is 40.4 Å². The second kappa shape index (κ2) is 27.6. The van der Waals surface area contributed by atoms with E-state index in [9.17, 15) is 19.2 Å². The zero-order valence-corrected chi connectivity index (χ0v) is 37.7. The van der Waals surface area contributed by atoms with Crippen molar-refractivity contribution in [3.63, 3.8) is 0 Å². The number of terminal acetylenes is 2. The largest absolute Gasteiger partial charge is 0.453 e. The molecule has 2 aromatic carbocycles. The molecule has 4 aromatic rings. The Kier molecular flexibility index (Phi) is 23.1. The molecule has 2 aromatic heterocycles. The Morgan fingerprint density at radius 2 is 1.40 bits per heavy atom. The molecule has 4 N–H and O–H groups in total. The number of carbonyl (C=O) groups is 4. The molecule has 13 heteroatoms. The second-order valence-electron chi connectivity index (χ2n) is 15.0. The van der Waals surface area contributed by atoms with Gasteiger partial charge in [-0.1, -0.05) is 71.6 Å². The number of likely N-dealkylation sites (N-methyl/N-ethyl adjacent to an activating group) is 1. The minimum atomic E-state index is -0.586. The molecule has 0 unspecified atom stereocenters. The van der Waals surface area contributed by atoms with Crippen LogP contribution in [-0.4, -0.2) is 101 Å². The third kappa shape index (κ3) is 14.8. The van der Waals surface area contributed by atoms with Gasteiger partial charge in [0.15, 0.2) is 0 Å². The number of aldehydes is 2. The molecule has 4 fully saturated rings. The van der Waals surface area contributed by atoms with Gasteiger partial charge >= 0.3 is 6.09 Å². The van der Waals surface area contributed by atoms with Gasteiger partial charge in [-0.2, -0.15) is 0 Å². The van der Waals surface area contributed by atoms with E-state index in [1.54, 1.807) is 6.20 Å². The fourth-order valence-electron chi connectivity index (χ4n) is 7.32. The number of carbonyl (C=O) groups excluding carboxylic acids is 4. The lowest BCUT2D eigenvalue weighted by molar-refractivity contribution is -0.132. The number of fused-ring (bicyclic) bond motifs is 3. The number of amides is 2. The van der Waals surface area contributed by atoms with E-state index in [2.05, 4.69) is 144 Å². The average Bonchev–Trinajstić information content (AvgIpc) is 3.94. The Morgan fingerprint density at radius 3 is 2.00 bits per heavy atom. The number of aromatic nitrogens is 4. The summed E-state index contributed by atoms with van der Waals surface area (Å²) in [6.07, 6.45) is 28.4. The Balaban J connectivity index is 0.000000508. The minimum absolute atomic E-state index is 0.00662. The summed E-state index contributed by atoms with van der Waals surface area (Å²) < 4.78 is 4.14. The number of rotatable bonds is 8. The summed E-state index contributed by atoms with van der Waals surface area (Å²) in [5.74, 6) is 10.1. The fourth-order valence-corrected chi connectivity index (χ4v) is 7.32. The summed E-state index contributed by atoms with van der Waals surface area (Å²) in [5, 5.41) is 7.47. The molecule has 13 nitrogen and oxygen atoms in total. The van der Waals surface area contributed by atoms with Crippen LogP contribution in [-0.2, 0) is 19.1 Å². The molecule has 0 spiro atoms. The number of methoxy groups -OCH3 is 1. The van der Waals surface area contributed by atoms with E-state index in [0.717, 1.165) is 70.6 Å². The molecule has 8 rings (SSSR count). The molecule has 62 heavy (non-hydrogen) atoms. The van der Waals surface area contributed by atoms with Crippen molar-refractivity contribution in [3.05, 3.63) is 71.7 Å². The highest BCUT2D eigenvalue weighted by Crippen LogP contribution is 2.53. The molecule has 2 saturated carbocycles. The summed E-state index contributed by atoms with van der Waals surface area (Å²) >= 11 is 0. The number of likely N-dealkylation sites (tertiary alicyclic amines) is 2. The van der Waals surface area contributed by atoms with Gasteiger partial charge in [0.05, 0.1) is 50.4 Å². The first-order valence-electron chi connectivity index (χ1n) is 21.3. The number of H-pyrrole nitrogens is 2. The van der Waals surface area contributed by atoms with Gasteiger partial charge in [-0.05, 0) is 86.5 Å². The highest BCUT2D eigenvalue weighted by molar-refractivity contribution is 5.88. The maximum absolute atomic E-state index is 12.7. The molecular weight excluding hydrogens is 781 g/mol. The molecule has 4 heterocycles. The number of piperidine rings is 2.